The molecular weight excluding hydrogens is 795 g/mol. The lowest BCUT2D eigenvalue weighted by molar-refractivity contribution is -0.364. The number of phosphoric acid groups is 1. The number of fused-ring (bicyclic) bond motifs is 4. The third-order valence-corrected chi connectivity index (χ3v) is 11.6. The van der Waals surface area contributed by atoms with Gasteiger partial charge >= 0.3 is 13.8 Å². The number of phosphoric ester groups is 1. The number of carbonyl (C=O) groups excluding carboxylic acids is 1. The molecular formula is C41H43O17P. The zero-order valence-corrected chi connectivity index (χ0v) is 32.9. The fourth-order valence-corrected chi connectivity index (χ4v) is 8.80. The number of cyclic esters (lactones) is 1. The van der Waals surface area contributed by atoms with Crippen LogP contribution < -0.4 is 28.0 Å². The number of benzene rings is 4. The number of esters is 1. The second-order valence-electron chi connectivity index (χ2n) is 14.3. The van der Waals surface area contributed by atoms with Crippen LogP contribution in [-0.2, 0) is 33.0 Å². The fourth-order valence-electron chi connectivity index (χ4n) is 7.98. The van der Waals surface area contributed by atoms with E-state index in [1.165, 1.54) is 14.2 Å². The second kappa shape index (κ2) is 16.9. The predicted molar refractivity (Wildman–Crippen MR) is 202 cm³/mol. The summed E-state index contributed by atoms with van der Waals surface area (Å²) in [6.07, 6.45) is -6.80. The number of aliphatic hydroxyl groups is 2. The van der Waals surface area contributed by atoms with Crippen molar-refractivity contribution in [3.8, 4) is 40.2 Å². The Bertz CT molecular complexity index is 2100. The van der Waals surface area contributed by atoms with Crippen LogP contribution in [0.5, 0.6) is 40.2 Å². The Kier molecular flexibility index (Phi) is 11.6. The predicted octanol–water partition coefficient (Wildman–Crippen LogP) is 4.58. The van der Waals surface area contributed by atoms with E-state index < -0.39 is 74.6 Å². The molecule has 4 heterocycles. The Morgan fingerprint density at radius 3 is 1.95 bits per heavy atom. The van der Waals surface area contributed by atoms with Gasteiger partial charge in [-0.05, 0) is 72.1 Å². The smallest absolute Gasteiger partial charge is 0.502 e. The first kappa shape index (κ1) is 40.7. The van der Waals surface area contributed by atoms with Crippen LogP contribution in [-0.4, -0.2) is 97.4 Å². The van der Waals surface area contributed by atoms with Crippen LogP contribution in [0.25, 0.3) is 0 Å². The summed E-state index contributed by atoms with van der Waals surface area (Å²) in [5.74, 6) is -0.452. The number of ether oxygens (including phenoxy) is 9. The molecule has 17 nitrogen and oxygen atoms in total. The number of methoxy groups -OCH3 is 2. The Labute approximate surface area is 338 Å². The van der Waals surface area contributed by atoms with Crippen molar-refractivity contribution in [2.75, 3.05) is 34.2 Å². The number of hydrogen-bond donors (Lipinski definition) is 4. The lowest BCUT2D eigenvalue weighted by Crippen LogP contribution is -2.63. The minimum atomic E-state index is -4.14. The summed E-state index contributed by atoms with van der Waals surface area (Å²) in [7, 11) is -1.28. The number of carbonyl (C=O) groups is 1. The van der Waals surface area contributed by atoms with Crippen LogP contribution in [0.3, 0.4) is 0 Å². The van der Waals surface area contributed by atoms with Crippen LogP contribution >= 0.6 is 7.82 Å². The van der Waals surface area contributed by atoms with E-state index in [-0.39, 0.29) is 48.8 Å². The highest BCUT2D eigenvalue weighted by Crippen LogP contribution is 2.57. The zero-order valence-electron chi connectivity index (χ0n) is 32.0. The van der Waals surface area contributed by atoms with E-state index >= 15 is 0 Å². The van der Waals surface area contributed by atoms with Crippen molar-refractivity contribution < 1.29 is 81.3 Å². The van der Waals surface area contributed by atoms with Crippen LogP contribution in [0.4, 0.5) is 0 Å². The van der Waals surface area contributed by atoms with Gasteiger partial charge < -0.3 is 67.0 Å². The van der Waals surface area contributed by atoms with Gasteiger partial charge in [-0.3, -0.25) is 9.69 Å². The average molecular weight is 839 g/mol. The molecule has 314 valence electrons. The third kappa shape index (κ3) is 8.25. The highest BCUT2D eigenvalue weighted by Gasteiger charge is 2.56. The van der Waals surface area contributed by atoms with E-state index in [0.717, 1.165) is 0 Å². The Morgan fingerprint density at radius 2 is 1.36 bits per heavy atom. The molecule has 9 rings (SSSR count). The molecule has 59 heavy (non-hydrogen) atoms. The minimum Gasteiger partial charge on any atom is -0.502 e. The summed E-state index contributed by atoms with van der Waals surface area (Å²) in [5.41, 5.74) is 2.01. The van der Waals surface area contributed by atoms with Gasteiger partial charge in [-0.1, -0.05) is 36.4 Å². The summed E-state index contributed by atoms with van der Waals surface area (Å²) in [6, 6.07) is 23.6. The molecule has 4 aromatic rings. The van der Waals surface area contributed by atoms with Crippen LogP contribution in [0, 0.1) is 11.8 Å². The highest BCUT2D eigenvalue weighted by molar-refractivity contribution is 7.48. The number of phenols is 1. The monoisotopic (exact) mass is 838 g/mol. The molecule has 0 aromatic heterocycles. The van der Waals surface area contributed by atoms with Gasteiger partial charge in [0.05, 0.1) is 39.5 Å². The van der Waals surface area contributed by atoms with E-state index in [0.29, 0.717) is 28.2 Å². The summed E-state index contributed by atoms with van der Waals surface area (Å²) in [5, 5.41) is 32.5. The summed E-state index contributed by atoms with van der Waals surface area (Å²) in [4.78, 5) is 22.9. The van der Waals surface area contributed by atoms with Gasteiger partial charge in [-0.2, -0.15) is 0 Å². The van der Waals surface area contributed by atoms with Gasteiger partial charge in [-0.25, -0.2) is 4.57 Å². The van der Waals surface area contributed by atoms with Crippen molar-refractivity contribution in [3.05, 3.63) is 102 Å². The Morgan fingerprint density at radius 1 is 0.763 bits per heavy atom. The second-order valence-corrected chi connectivity index (χ2v) is 15.6. The van der Waals surface area contributed by atoms with Crippen molar-refractivity contribution in [2.45, 2.75) is 55.9 Å². The first-order valence-corrected chi connectivity index (χ1v) is 20.2. The van der Waals surface area contributed by atoms with Crippen molar-refractivity contribution in [1.29, 1.82) is 0 Å². The summed E-state index contributed by atoms with van der Waals surface area (Å²) < 4.78 is 73.0. The minimum absolute atomic E-state index is 0.0301. The molecule has 10 atom stereocenters. The normalized spacial score (nSPS) is 29.1. The molecule has 4 aromatic carbocycles. The van der Waals surface area contributed by atoms with E-state index in [1.807, 2.05) is 0 Å². The van der Waals surface area contributed by atoms with Crippen LogP contribution in [0.2, 0.25) is 0 Å². The quantitative estimate of drug-likeness (QED) is 0.134. The molecule has 0 bridgehead atoms. The van der Waals surface area contributed by atoms with E-state index in [9.17, 15) is 29.6 Å². The van der Waals surface area contributed by atoms with Crippen LogP contribution in [0.15, 0.2) is 84.9 Å². The zero-order chi connectivity index (χ0) is 41.4. The molecule has 0 radical (unpaired) electrons. The number of para-hydroxylation sites is 2. The SMILES string of the molecule is COc1cc([C@@H]2c3cc4c(cc3C(O[C@@H]3O[C@@H]5CO[C@@H](C)O[C@H]5[C@H](O)[C@H]3O)C3COC(=O)[C@@H]32)OCO4)cc(OC)c1O.O=P(O)(Oc1ccccc1)Oc1ccccc1. The van der Waals surface area contributed by atoms with Gasteiger partial charge in [0.25, 0.3) is 0 Å². The van der Waals surface area contributed by atoms with Gasteiger partial charge in [0, 0.05) is 11.8 Å². The molecule has 5 aliphatic rings. The molecule has 2 unspecified atom stereocenters. The average Bonchev–Trinajstić information content (AvgIpc) is 3.86. The Hall–Kier alpha value is -5.10. The fraction of sp³-hybridized carbons (Fsp3) is 0.390. The molecule has 3 saturated heterocycles. The summed E-state index contributed by atoms with van der Waals surface area (Å²) >= 11 is 0. The van der Waals surface area contributed by atoms with Crippen molar-refractivity contribution >= 4 is 13.8 Å². The highest BCUT2D eigenvalue weighted by atomic mass is 31.2. The molecule has 0 amide bonds. The van der Waals surface area contributed by atoms with Gasteiger partial charge in [-0.15, -0.1) is 0 Å². The van der Waals surface area contributed by atoms with E-state index in [4.69, 9.17) is 51.7 Å². The number of hydrogen-bond acceptors (Lipinski definition) is 16. The number of rotatable bonds is 9. The van der Waals surface area contributed by atoms with Crippen molar-refractivity contribution in [2.24, 2.45) is 11.8 Å². The lowest BCUT2D eigenvalue weighted by atomic mass is 9.66. The molecule has 3 fully saturated rings. The molecule has 1 aliphatic carbocycles. The number of aliphatic hydroxyl groups excluding tert-OH is 2. The van der Waals surface area contributed by atoms with Gasteiger partial charge in [0.1, 0.15) is 35.9 Å². The maximum absolute atomic E-state index is 13.4. The van der Waals surface area contributed by atoms with Gasteiger partial charge in [0.2, 0.25) is 12.5 Å². The molecule has 18 heteroatoms. The first-order valence-electron chi connectivity index (χ1n) is 18.8. The largest absolute Gasteiger partial charge is 0.584 e. The molecule has 0 saturated carbocycles. The van der Waals surface area contributed by atoms with Crippen LogP contribution in [0.1, 0.15) is 35.6 Å². The maximum atomic E-state index is 13.4. The van der Waals surface area contributed by atoms with Gasteiger partial charge in [0.15, 0.2) is 35.6 Å². The Balaban J connectivity index is 0.000000238. The third-order valence-electron chi connectivity index (χ3n) is 10.7. The number of phenolic OH excluding ortho intramolecular Hbond substituents is 1. The van der Waals surface area contributed by atoms with E-state index in [2.05, 4.69) is 0 Å². The molecule has 4 N–H and O–H groups in total. The maximum Gasteiger partial charge on any atom is 0.584 e. The molecule has 0 spiro atoms. The first-order chi connectivity index (χ1) is 28.4. The topological polar surface area (TPSA) is 217 Å². The lowest BCUT2D eigenvalue weighted by Gasteiger charge is -2.47. The number of aromatic hydroxyl groups is 1. The van der Waals surface area contributed by atoms with Crippen molar-refractivity contribution in [1.82, 2.24) is 0 Å². The summed E-state index contributed by atoms with van der Waals surface area (Å²) in [6.45, 7) is 1.93. The molecule has 4 aliphatic heterocycles. The standard InChI is InChI=1S/C29H32O13.C12H11O4P/c1-11-36-9-20-27(40-11)24(31)25(32)29(41-20)42-26-14-7-17-16(38-10-39-17)6-13(14)21(22-15(26)8-37-28(22)33)12-4-18(34-2)23(30)19(5-12)35-3;13-17(14,15-11-7-3-1-4-8-11)16-12-9-5-2-6-10-12/h4-7,11,15,20-22,24-27,29-32H,8-10H2,1-3H3;1-10H,(H,13,14)/t11-,15?,20-,21-,22+,24-,25-,26?,27-,29+;/m1./s1. The van der Waals surface area contributed by atoms with Crippen molar-refractivity contribution in [3.63, 3.8) is 0 Å². The van der Waals surface area contributed by atoms with E-state index in [1.54, 1.807) is 91.9 Å².